The Hall–Kier alpha value is -0.650. The minimum atomic E-state index is -0.833. The number of aliphatic hydroxyl groups excluding tert-OH is 2. The fraction of sp³-hybridized carbons (Fsp3) is 0.833. The largest absolute Gasteiger partial charge is 0.481 e. The maximum Gasteiger partial charge on any atom is 0.300 e. The van der Waals surface area contributed by atoms with Crippen molar-refractivity contribution >= 4 is 5.97 Å². The molecule has 2 unspecified atom stereocenters. The Morgan fingerprint density at radius 1 is 1.27 bits per heavy atom. The van der Waals surface area contributed by atoms with Gasteiger partial charge < -0.3 is 15.3 Å². The monoisotopic (exact) mass is 165 g/mol. The van der Waals surface area contributed by atoms with Crippen LogP contribution in [0.15, 0.2) is 0 Å². The number of aliphatic hydroxyl groups is 2. The van der Waals surface area contributed by atoms with Crippen molar-refractivity contribution in [2.75, 3.05) is 0 Å². The number of aliphatic carboxylic acids is 1. The molecule has 2 atom stereocenters. The highest BCUT2D eigenvalue weighted by Crippen LogP contribution is 1.74. The number of carboxylic acids is 1. The number of rotatable bonds is 2. The van der Waals surface area contributed by atoms with Gasteiger partial charge in [-0.05, 0) is 13.8 Å². The minimum absolute atomic E-state index is 0.625. The van der Waals surface area contributed by atoms with E-state index in [2.05, 4.69) is 5.32 Å². The molecule has 0 fully saturated rings. The van der Waals surface area contributed by atoms with Gasteiger partial charge in [-0.2, -0.15) is 0 Å². The fourth-order valence-corrected chi connectivity index (χ4v) is 0.349. The van der Waals surface area contributed by atoms with Crippen LogP contribution in [0.25, 0.3) is 0 Å². The molecule has 5 heteroatoms. The first kappa shape index (κ1) is 13.0. The van der Waals surface area contributed by atoms with Crippen LogP contribution in [-0.4, -0.2) is 33.7 Å². The van der Waals surface area contributed by atoms with Crippen LogP contribution in [0.1, 0.15) is 20.8 Å². The van der Waals surface area contributed by atoms with Crippen LogP contribution >= 0.6 is 0 Å². The zero-order chi connectivity index (χ0) is 9.44. The van der Waals surface area contributed by atoms with E-state index in [4.69, 9.17) is 20.1 Å². The third-order valence-electron chi connectivity index (χ3n) is 0.482. The molecule has 0 saturated carbocycles. The van der Waals surface area contributed by atoms with Crippen molar-refractivity contribution in [1.82, 2.24) is 5.32 Å². The fourth-order valence-electron chi connectivity index (χ4n) is 0.349. The molecule has 0 aliphatic carbocycles. The number of hydrogen-bond acceptors (Lipinski definition) is 4. The Morgan fingerprint density at radius 3 is 1.45 bits per heavy atom. The smallest absolute Gasteiger partial charge is 0.300 e. The summed E-state index contributed by atoms with van der Waals surface area (Å²) in [6, 6.07) is 0. The van der Waals surface area contributed by atoms with Crippen molar-refractivity contribution in [1.29, 1.82) is 0 Å². The van der Waals surface area contributed by atoms with Gasteiger partial charge >= 0.3 is 0 Å². The van der Waals surface area contributed by atoms with Crippen LogP contribution in [0.4, 0.5) is 0 Å². The first-order valence-electron chi connectivity index (χ1n) is 3.18. The van der Waals surface area contributed by atoms with Gasteiger partial charge in [0, 0.05) is 6.92 Å². The van der Waals surface area contributed by atoms with Gasteiger partial charge in [-0.1, -0.05) is 0 Å². The molecule has 0 amide bonds. The van der Waals surface area contributed by atoms with Gasteiger partial charge in [0.05, 0.1) is 0 Å². The molecule has 11 heavy (non-hydrogen) atoms. The SMILES string of the molecule is CC(=O)O.CC(O)NC(C)O. The normalized spacial score (nSPS) is 14.3. The topological polar surface area (TPSA) is 89.8 Å². The van der Waals surface area contributed by atoms with E-state index in [-0.39, 0.29) is 0 Å². The summed E-state index contributed by atoms with van der Waals surface area (Å²) < 4.78 is 0. The molecule has 0 aromatic rings. The van der Waals surface area contributed by atoms with E-state index in [0.717, 1.165) is 6.92 Å². The third-order valence-corrected chi connectivity index (χ3v) is 0.482. The van der Waals surface area contributed by atoms with Crippen LogP contribution in [0.3, 0.4) is 0 Å². The second-order valence-corrected chi connectivity index (χ2v) is 2.04. The summed E-state index contributed by atoms with van der Waals surface area (Å²) in [4.78, 5) is 9.00. The zero-order valence-electron chi connectivity index (χ0n) is 6.90. The molecule has 0 radical (unpaired) electrons. The highest BCUT2D eigenvalue weighted by Gasteiger charge is 1.95. The Bertz CT molecular complexity index is 92.8. The van der Waals surface area contributed by atoms with Gasteiger partial charge in [0.25, 0.3) is 5.97 Å². The maximum absolute atomic E-state index is 9.00. The van der Waals surface area contributed by atoms with Gasteiger partial charge in [-0.3, -0.25) is 10.1 Å². The number of carbonyl (C=O) groups is 1. The van der Waals surface area contributed by atoms with Crippen molar-refractivity contribution in [2.45, 2.75) is 33.2 Å². The Labute approximate surface area is 65.7 Å². The molecule has 0 bridgehead atoms. The van der Waals surface area contributed by atoms with Gasteiger partial charge in [0.2, 0.25) is 0 Å². The molecule has 0 rings (SSSR count). The second-order valence-electron chi connectivity index (χ2n) is 2.04. The predicted octanol–water partition coefficient (Wildman–Crippen LogP) is -0.657. The van der Waals surface area contributed by atoms with Crippen LogP contribution in [0.5, 0.6) is 0 Å². The van der Waals surface area contributed by atoms with E-state index in [1.807, 2.05) is 0 Å². The molecule has 0 saturated heterocycles. The molecule has 0 aromatic heterocycles. The van der Waals surface area contributed by atoms with E-state index < -0.39 is 18.4 Å². The molecule has 0 heterocycles. The summed E-state index contributed by atoms with van der Waals surface area (Å²) in [5.41, 5.74) is 0. The lowest BCUT2D eigenvalue weighted by Crippen LogP contribution is -2.33. The number of carboxylic acid groups (broad SMARTS) is 1. The Balaban J connectivity index is 0. The summed E-state index contributed by atoms with van der Waals surface area (Å²) in [5.74, 6) is -0.833. The first-order chi connectivity index (χ1) is 4.86. The molecular weight excluding hydrogens is 150 g/mol. The van der Waals surface area contributed by atoms with Gasteiger partial charge in [0.15, 0.2) is 0 Å². The molecule has 5 nitrogen and oxygen atoms in total. The molecule has 0 aromatic carbocycles. The highest BCUT2D eigenvalue weighted by molar-refractivity contribution is 5.62. The first-order valence-corrected chi connectivity index (χ1v) is 3.18. The van der Waals surface area contributed by atoms with Crippen molar-refractivity contribution in [3.63, 3.8) is 0 Å². The van der Waals surface area contributed by atoms with Gasteiger partial charge in [0.1, 0.15) is 12.5 Å². The lowest BCUT2D eigenvalue weighted by Gasteiger charge is -2.08. The predicted molar refractivity (Wildman–Crippen MR) is 39.8 cm³/mol. The third kappa shape index (κ3) is 45.0. The zero-order valence-corrected chi connectivity index (χ0v) is 6.90. The molecule has 0 aliphatic rings. The van der Waals surface area contributed by atoms with E-state index in [1.165, 1.54) is 0 Å². The summed E-state index contributed by atoms with van der Waals surface area (Å²) in [7, 11) is 0. The van der Waals surface area contributed by atoms with E-state index in [9.17, 15) is 0 Å². The number of hydrogen-bond donors (Lipinski definition) is 4. The molecule has 68 valence electrons. The average molecular weight is 165 g/mol. The molecule has 0 spiro atoms. The van der Waals surface area contributed by atoms with Crippen molar-refractivity contribution < 1.29 is 20.1 Å². The van der Waals surface area contributed by atoms with Crippen LogP contribution in [0, 0.1) is 0 Å². The lowest BCUT2D eigenvalue weighted by atomic mass is 10.6. The summed E-state index contributed by atoms with van der Waals surface area (Å²) in [6.07, 6.45) is -1.25. The standard InChI is InChI=1S/C4H11NO2.C2H4O2/c1-3(6)5-4(2)7;1-2(3)4/h3-7H,1-2H3;1H3,(H,3,4). The van der Waals surface area contributed by atoms with Crippen LogP contribution in [0.2, 0.25) is 0 Å². The van der Waals surface area contributed by atoms with Crippen LogP contribution in [-0.2, 0) is 4.79 Å². The van der Waals surface area contributed by atoms with Crippen molar-refractivity contribution in [3.8, 4) is 0 Å². The highest BCUT2D eigenvalue weighted by atomic mass is 16.4. The molecular formula is C6H15NO4. The maximum atomic E-state index is 9.00. The summed E-state index contributed by atoms with van der Waals surface area (Å²) >= 11 is 0. The van der Waals surface area contributed by atoms with E-state index in [0.29, 0.717) is 0 Å². The second kappa shape index (κ2) is 7.46. The molecule has 0 aliphatic heterocycles. The van der Waals surface area contributed by atoms with Crippen molar-refractivity contribution in [3.05, 3.63) is 0 Å². The Kier molecular flexibility index (Phi) is 8.80. The van der Waals surface area contributed by atoms with E-state index >= 15 is 0 Å². The van der Waals surface area contributed by atoms with Gasteiger partial charge in [-0.25, -0.2) is 0 Å². The molecule has 4 N–H and O–H groups in total. The van der Waals surface area contributed by atoms with Crippen LogP contribution < -0.4 is 5.32 Å². The lowest BCUT2D eigenvalue weighted by molar-refractivity contribution is -0.134. The quantitative estimate of drug-likeness (QED) is 0.408. The number of nitrogens with one attached hydrogen (secondary N) is 1. The Morgan fingerprint density at radius 2 is 1.45 bits per heavy atom. The van der Waals surface area contributed by atoms with Crippen molar-refractivity contribution in [2.24, 2.45) is 0 Å². The minimum Gasteiger partial charge on any atom is -0.481 e. The summed E-state index contributed by atoms with van der Waals surface area (Å²) in [5, 5.41) is 26.7. The summed E-state index contributed by atoms with van der Waals surface area (Å²) in [6.45, 7) is 4.18. The average Bonchev–Trinajstić information content (AvgIpc) is 1.56. The van der Waals surface area contributed by atoms with Gasteiger partial charge in [-0.15, -0.1) is 0 Å². The van der Waals surface area contributed by atoms with E-state index in [1.54, 1.807) is 13.8 Å².